The van der Waals surface area contributed by atoms with Crippen molar-refractivity contribution < 1.29 is 4.74 Å². The number of hydrogen-bond acceptors (Lipinski definition) is 2. The number of likely N-dealkylation sites (N-methyl/N-ethyl adjacent to an activating group) is 1. The molecule has 0 bridgehead atoms. The largest absolute Gasteiger partial charge is 0.379 e. The summed E-state index contributed by atoms with van der Waals surface area (Å²) in [6, 6.07) is 9.33. The molecule has 0 aromatic heterocycles. The Morgan fingerprint density at radius 2 is 1.83 bits per heavy atom. The Bertz CT molecular complexity index is 343. The molecule has 1 rings (SSSR count). The van der Waals surface area contributed by atoms with Crippen molar-refractivity contribution in [1.82, 2.24) is 5.32 Å². The van der Waals surface area contributed by atoms with Gasteiger partial charge in [-0.1, -0.05) is 29.8 Å². The van der Waals surface area contributed by atoms with Crippen molar-refractivity contribution in [1.29, 1.82) is 0 Å². The van der Waals surface area contributed by atoms with Crippen LogP contribution in [0.5, 0.6) is 0 Å². The molecule has 0 aliphatic heterocycles. The summed E-state index contributed by atoms with van der Waals surface area (Å²) in [6.07, 6.45) is 3.28. The maximum atomic E-state index is 5.47. The molecule has 1 N–H and O–H groups in total. The van der Waals surface area contributed by atoms with Crippen LogP contribution in [0.2, 0.25) is 0 Å². The van der Waals surface area contributed by atoms with E-state index >= 15 is 0 Å². The first-order valence-electron chi connectivity index (χ1n) is 6.75. The van der Waals surface area contributed by atoms with Gasteiger partial charge in [-0.05, 0) is 52.6 Å². The Balaban J connectivity index is 2.49. The highest BCUT2D eigenvalue weighted by atomic mass is 16.5. The lowest BCUT2D eigenvalue weighted by atomic mass is 9.95. The van der Waals surface area contributed by atoms with Crippen LogP contribution in [-0.2, 0) is 11.2 Å². The van der Waals surface area contributed by atoms with E-state index in [1.807, 2.05) is 7.05 Å². The molecular formula is C16H27NO. The lowest BCUT2D eigenvalue weighted by molar-refractivity contribution is 0.0119. The van der Waals surface area contributed by atoms with Gasteiger partial charge in [-0.2, -0.15) is 0 Å². The van der Waals surface area contributed by atoms with E-state index < -0.39 is 0 Å². The van der Waals surface area contributed by atoms with E-state index in [0.717, 1.165) is 19.3 Å². The lowest BCUT2D eigenvalue weighted by Gasteiger charge is -2.26. The van der Waals surface area contributed by atoms with Gasteiger partial charge in [0.1, 0.15) is 0 Å². The van der Waals surface area contributed by atoms with Gasteiger partial charge in [-0.3, -0.25) is 0 Å². The number of aryl methyl sites for hydroxylation is 1. The second-order valence-corrected chi connectivity index (χ2v) is 5.68. The van der Waals surface area contributed by atoms with Crippen molar-refractivity contribution in [2.45, 2.75) is 51.7 Å². The maximum Gasteiger partial charge on any atom is 0.0623 e. The zero-order valence-electron chi connectivity index (χ0n) is 12.4. The molecule has 102 valence electrons. The highest BCUT2D eigenvalue weighted by Crippen LogP contribution is 2.18. The normalized spacial score (nSPS) is 13.6. The molecule has 0 spiro atoms. The van der Waals surface area contributed by atoms with Crippen molar-refractivity contribution in [2.24, 2.45) is 0 Å². The molecule has 0 radical (unpaired) electrons. The van der Waals surface area contributed by atoms with Crippen molar-refractivity contribution >= 4 is 0 Å². The van der Waals surface area contributed by atoms with Crippen molar-refractivity contribution in [3.8, 4) is 0 Å². The summed E-state index contributed by atoms with van der Waals surface area (Å²) < 4.78 is 5.47. The SMILES string of the molecule is CNC(CCC(C)(C)OC)Cc1ccc(C)cc1. The van der Waals surface area contributed by atoms with Crippen molar-refractivity contribution in [2.75, 3.05) is 14.2 Å². The standard InChI is InChI=1S/C16H27NO/c1-13-6-8-14(9-7-13)12-15(17-4)10-11-16(2,3)18-5/h6-9,15,17H,10-12H2,1-5H3. The van der Waals surface area contributed by atoms with Crippen molar-refractivity contribution in [3.63, 3.8) is 0 Å². The predicted octanol–water partition coefficient (Wildman–Crippen LogP) is 3.33. The van der Waals surface area contributed by atoms with Gasteiger partial charge in [-0.15, -0.1) is 0 Å². The molecule has 0 fully saturated rings. The number of benzene rings is 1. The first-order valence-corrected chi connectivity index (χ1v) is 6.75. The summed E-state index contributed by atoms with van der Waals surface area (Å²) in [5.41, 5.74) is 2.69. The molecule has 1 atom stereocenters. The fourth-order valence-electron chi connectivity index (χ4n) is 1.98. The quantitative estimate of drug-likeness (QED) is 0.800. The Hall–Kier alpha value is -0.860. The predicted molar refractivity (Wildman–Crippen MR) is 78.1 cm³/mol. The molecule has 2 heteroatoms. The fourth-order valence-corrected chi connectivity index (χ4v) is 1.98. The molecule has 0 aliphatic carbocycles. The Morgan fingerprint density at radius 3 is 2.33 bits per heavy atom. The number of nitrogens with one attached hydrogen (secondary N) is 1. The average molecular weight is 249 g/mol. The zero-order chi connectivity index (χ0) is 13.6. The third-order valence-electron chi connectivity index (χ3n) is 3.66. The molecule has 0 saturated carbocycles. The minimum absolute atomic E-state index is 0.0254. The number of hydrogen-bond donors (Lipinski definition) is 1. The van der Waals surface area contributed by atoms with Crippen LogP contribution in [0.3, 0.4) is 0 Å². The minimum atomic E-state index is -0.0254. The Labute approximate surface area is 112 Å². The van der Waals surface area contributed by atoms with E-state index in [-0.39, 0.29) is 5.60 Å². The summed E-state index contributed by atoms with van der Waals surface area (Å²) in [4.78, 5) is 0. The van der Waals surface area contributed by atoms with Gasteiger partial charge in [0.2, 0.25) is 0 Å². The van der Waals surface area contributed by atoms with Crippen molar-refractivity contribution in [3.05, 3.63) is 35.4 Å². The first kappa shape index (κ1) is 15.2. The highest BCUT2D eigenvalue weighted by molar-refractivity contribution is 5.22. The molecule has 1 aromatic carbocycles. The fraction of sp³-hybridized carbons (Fsp3) is 0.625. The van der Waals surface area contributed by atoms with Crippen LogP contribution in [0.15, 0.2) is 24.3 Å². The molecule has 18 heavy (non-hydrogen) atoms. The molecule has 1 unspecified atom stereocenters. The summed E-state index contributed by atoms with van der Waals surface area (Å²) in [5.74, 6) is 0. The molecule has 0 heterocycles. The third kappa shape index (κ3) is 5.19. The number of rotatable bonds is 7. The van der Waals surface area contributed by atoms with Crippen LogP contribution in [0.25, 0.3) is 0 Å². The van der Waals surface area contributed by atoms with Crippen LogP contribution < -0.4 is 5.32 Å². The summed E-state index contributed by atoms with van der Waals surface area (Å²) in [5, 5.41) is 3.41. The molecule has 2 nitrogen and oxygen atoms in total. The molecule has 0 saturated heterocycles. The van der Waals surface area contributed by atoms with Gasteiger partial charge in [0, 0.05) is 13.2 Å². The zero-order valence-corrected chi connectivity index (χ0v) is 12.4. The second kappa shape index (κ2) is 6.91. The topological polar surface area (TPSA) is 21.3 Å². The first-order chi connectivity index (χ1) is 8.46. The van der Waals surface area contributed by atoms with Gasteiger partial charge in [0.15, 0.2) is 0 Å². The summed E-state index contributed by atoms with van der Waals surface area (Å²) in [7, 11) is 3.83. The van der Waals surface area contributed by atoms with Gasteiger partial charge < -0.3 is 10.1 Å². The van der Waals surface area contributed by atoms with Gasteiger partial charge in [-0.25, -0.2) is 0 Å². The molecule has 1 aromatic rings. The smallest absolute Gasteiger partial charge is 0.0623 e. The van der Waals surface area contributed by atoms with Crippen LogP contribution in [-0.4, -0.2) is 25.8 Å². The maximum absolute atomic E-state index is 5.47. The van der Waals surface area contributed by atoms with E-state index in [9.17, 15) is 0 Å². The third-order valence-corrected chi connectivity index (χ3v) is 3.66. The second-order valence-electron chi connectivity index (χ2n) is 5.68. The van der Waals surface area contributed by atoms with E-state index in [1.165, 1.54) is 11.1 Å². The van der Waals surface area contributed by atoms with Crippen LogP contribution in [0.4, 0.5) is 0 Å². The van der Waals surface area contributed by atoms with Crippen LogP contribution >= 0.6 is 0 Å². The van der Waals surface area contributed by atoms with Gasteiger partial charge in [0.25, 0.3) is 0 Å². The van der Waals surface area contributed by atoms with Crippen LogP contribution in [0, 0.1) is 6.92 Å². The van der Waals surface area contributed by atoms with Gasteiger partial charge in [0.05, 0.1) is 5.60 Å². The monoisotopic (exact) mass is 249 g/mol. The number of methoxy groups -OCH3 is 1. The van der Waals surface area contributed by atoms with Gasteiger partial charge >= 0.3 is 0 Å². The summed E-state index contributed by atoms with van der Waals surface area (Å²) >= 11 is 0. The Morgan fingerprint density at radius 1 is 1.22 bits per heavy atom. The summed E-state index contributed by atoms with van der Waals surface area (Å²) in [6.45, 7) is 6.41. The number of ether oxygens (including phenoxy) is 1. The lowest BCUT2D eigenvalue weighted by Crippen LogP contribution is -2.31. The van der Waals surface area contributed by atoms with E-state index in [4.69, 9.17) is 4.74 Å². The molecule has 0 aliphatic rings. The molecule has 0 amide bonds. The van der Waals surface area contributed by atoms with Crippen LogP contribution in [0.1, 0.15) is 37.8 Å². The highest BCUT2D eigenvalue weighted by Gasteiger charge is 2.18. The molecular weight excluding hydrogens is 222 g/mol. The Kier molecular flexibility index (Phi) is 5.83. The minimum Gasteiger partial charge on any atom is -0.379 e. The van der Waals surface area contributed by atoms with E-state index in [1.54, 1.807) is 7.11 Å². The van der Waals surface area contributed by atoms with E-state index in [2.05, 4.69) is 50.4 Å². The average Bonchev–Trinajstić information content (AvgIpc) is 2.37. The van der Waals surface area contributed by atoms with E-state index in [0.29, 0.717) is 6.04 Å².